The Morgan fingerprint density at radius 2 is 2.21 bits per heavy atom. The number of imidazole rings is 1. The summed E-state index contributed by atoms with van der Waals surface area (Å²) in [6, 6.07) is 0. The number of carbonyl (C=O) groups is 1. The van der Waals surface area contributed by atoms with Crippen molar-refractivity contribution < 1.29 is 9.90 Å². The molecule has 78 valence electrons. The molecule has 4 heteroatoms. The molecule has 1 rings (SSSR count). The van der Waals surface area contributed by atoms with Gasteiger partial charge in [-0.3, -0.25) is 4.79 Å². The zero-order valence-corrected chi connectivity index (χ0v) is 8.79. The molecule has 0 fully saturated rings. The summed E-state index contributed by atoms with van der Waals surface area (Å²) in [5.74, 6) is -0.743. The minimum atomic E-state index is -0.816. The number of aryl methyl sites for hydroxylation is 2. The number of aliphatic carboxylic acids is 1. The van der Waals surface area contributed by atoms with Crippen molar-refractivity contribution in [1.82, 2.24) is 9.97 Å². The lowest BCUT2D eigenvalue weighted by Gasteiger charge is -2.04. The van der Waals surface area contributed by atoms with Crippen molar-refractivity contribution in [3.63, 3.8) is 0 Å². The van der Waals surface area contributed by atoms with Crippen LogP contribution in [0.2, 0.25) is 0 Å². The van der Waals surface area contributed by atoms with E-state index in [-0.39, 0.29) is 0 Å². The molecule has 1 heterocycles. The summed E-state index contributed by atoms with van der Waals surface area (Å²) in [4.78, 5) is 18.2. The molecule has 1 unspecified atom stereocenters. The summed E-state index contributed by atoms with van der Waals surface area (Å²) in [5, 5.41) is 8.94. The van der Waals surface area contributed by atoms with E-state index in [4.69, 9.17) is 5.11 Å². The zero-order valence-electron chi connectivity index (χ0n) is 8.79. The van der Waals surface area contributed by atoms with Gasteiger partial charge in [0.05, 0.1) is 5.69 Å². The van der Waals surface area contributed by atoms with Crippen LogP contribution in [0.4, 0.5) is 0 Å². The normalized spacial score (nSPS) is 12.8. The molecule has 0 saturated heterocycles. The number of rotatable bonds is 4. The van der Waals surface area contributed by atoms with Crippen molar-refractivity contribution in [1.29, 1.82) is 0 Å². The number of H-pyrrole nitrogens is 1. The van der Waals surface area contributed by atoms with Crippen LogP contribution in [-0.2, 0) is 11.2 Å². The second-order valence-electron chi connectivity index (χ2n) is 3.35. The van der Waals surface area contributed by atoms with Gasteiger partial charge in [0.1, 0.15) is 11.7 Å². The van der Waals surface area contributed by atoms with E-state index >= 15 is 0 Å². The van der Waals surface area contributed by atoms with Gasteiger partial charge in [0.15, 0.2) is 0 Å². The van der Waals surface area contributed by atoms with E-state index in [0.29, 0.717) is 12.2 Å². The minimum absolute atomic E-state index is 0.506. The highest BCUT2D eigenvalue weighted by Gasteiger charge is 2.21. The van der Waals surface area contributed by atoms with Crippen molar-refractivity contribution in [3.05, 3.63) is 17.2 Å². The van der Waals surface area contributed by atoms with Gasteiger partial charge >= 0.3 is 5.97 Å². The molecular formula is C10H16N2O2. The molecule has 0 bridgehead atoms. The summed E-state index contributed by atoms with van der Waals surface area (Å²) in [7, 11) is 0. The van der Waals surface area contributed by atoms with Gasteiger partial charge in [-0.2, -0.15) is 0 Å². The molecule has 0 saturated carbocycles. The van der Waals surface area contributed by atoms with Crippen molar-refractivity contribution in [3.8, 4) is 0 Å². The minimum Gasteiger partial charge on any atom is -0.481 e. The van der Waals surface area contributed by atoms with E-state index < -0.39 is 11.9 Å². The lowest BCUT2D eigenvalue weighted by atomic mass is 10.1. The van der Waals surface area contributed by atoms with Gasteiger partial charge < -0.3 is 10.1 Å². The third-order valence-corrected chi connectivity index (χ3v) is 2.38. The first-order valence-electron chi connectivity index (χ1n) is 4.88. The third-order valence-electron chi connectivity index (χ3n) is 2.38. The van der Waals surface area contributed by atoms with Gasteiger partial charge in [-0.1, -0.05) is 13.8 Å². The summed E-state index contributed by atoms with van der Waals surface area (Å²) in [5.41, 5.74) is 1.93. The van der Waals surface area contributed by atoms with Crippen LogP contribution in [0.5, 0.6) is 0 Å². The number of carboxylic acid groups (broad SMARTS) is 1. The molecule has 0 aromatic carbocycles. The number of nitrogens with zero attached hydrogens (tertiary/aromatic N) is 1. The summed E-state index contributed by atoms with van der Waals surface area (Å²) in [6.07, 6.45) is 1.39. The molecule has 1 aromatic rings. The number of aromatic nitrogens is 2. The Labute approximate surface area is 83.4 Å². The van der Waals surface area contributed by atoms with Crippen LogP contribution in [0.3, 0.4) is 0 Å². The van der Waals surface area contributed by atoms with E-state index in [0.717, 1.165) is 17.8 Å². The maximum atomic E-state index is 10.9. The van der Waals surface area contributed by atoms with Crippen LogP contribution in [0.25, 0.3) is 0 Å². The highest BCUT2D eigenvalue weighted by Crippen LogP contribution is 2.18. The van der Waals surface area contributed by atoms with Gasteiger partial charge in [-0.25, -0.2) is 4.98 Å². The quantitative estimate of drug-likeness (QED) is 0.772. The monoisotopic (exact) mass is 196 g/mol. The summed E-state index contributed by atoms with van der Waals surface area (Å²) in [6.45, 7) is 5.78. The lowest BCUT2D eigenvalue weighted by Crippen LogP contribution is -2.12. The number of hydrogen-bond acceptors (Lipinski definition) is 2. The predicted octanol–water partition coefficient (Wildman–Crippen LogP) is 1.86. The Bertz CT molecular complexity index is 331. The summed E-state index contributed by atoms with van der Waals surface area (Å²) >= 11 is 0. The Morgan fingerprint density at radius 1 is 1.57 bits per heavy atom. The van der Waals surface area contributed by atoms with E-state index in [9.17, 15) is 4.79 Å². The number of aromatic amines is 1. The maximum absolute atomic E-state index is 10.9. The molecule has 0 amide bonds. The van der Waals surface area contributed by atoms with Crippen molar-refractivity contribution in [2.45, 2.75) is 39.5 Å². The molecule has 14 heavy (non-hydrogen) atoms. The fourth-order valence-electron chi connectivity index (χ4n) is 1.52. The van der Waals surface area contributed by atoms with Crippen LogP contribution in [0, 0.1) is 6.92 Å². The van der Waals surface area contributed by atoms with Crippen molar-refractivity contribution >= 4 is 5.97 Å². The average Bonchev–Trinajstić information content (AvgIpc) is 2.47. The average molecular weight is 196 g/mol. The molecule has 1 aromatic heterocycles. The molecule has 2 N–H and O–H groups in total. The number of hydrogen-bond donors (Lipinski definition) is 2. The Kier molecular flexibility index (Phi) is 3.28. The molecule has 0 radical (unpaired) electrons. The molecule has 0 aliphatic rings. The maximum Gasteiger partial charge on any atom is 0.314 e. The second kappa shape index (κ2) is 4.26. The second-order valence-corrected chi connectivity index (χ2v) is 3.35. The number of carboxylic acids is 1. The largest absolute Gasteiger partial charge is 0.481 e. The van der Waals surface area contributed by atoms with Gasteiger partial charge in [0, 0.05) is 5.69 Å². The van der Waals surface area contributed by atoms with Gasteiger partial charge in [0.25, 0.3) is 0 Å². The van der Waals surface area contributed by atoms with Gasteiger partial charge in [-0.15, -0.1) is 0 Å². The van der Waals surface area contributed by atoms with Crippen molar-refractivity contribution in [2.24, 2.45) is 0 Å². The molecular weight excluding hydrogens is 180 g/mol. The fourth-order valence-corrected chi connectivity index (χ4v) is 1.52. The van der Waals surface area contributed by atoms with E-state index in [1.54, 1.807) is 0 Å². The SMILES string of the molecule is CCc1nc(C(CC)C(=O)O)[nH]c1C. The smallest absolute Gasteiger partial charge is 0.314 e. The Hall–Kier alpha value is -1.32. The molecule has 0 aliphatic heterocycles. The fraction of sp³-hybridized carbons (Fsp3) is 0.600. The molecule has 0 aliphatic carbocycles. The first kappa shape index (κ1) is 10.8. The highest BCUT2D eigenvalue weighted by molar-refractivity contribution is 5.74. The van der Waals surface area contributed by atoms with Crippen LogP contribution in [-0.4, -0.2) is 21.0 Å². The molecule has 1 atom stereocenters. The Morgan fingerprint density at radius 3 is 2.57 bits per heavy atom. The third kappa shape index (κ3) is 1.95. The predicted molar refractivity (Wildman–Crippen MR) is 53.4 cm³/mol. The van der Waals surface area contributed by atoms with E-state index in [1.165, 1.54) is 0 Å². The van der Waals surface area contributed by atoms with E-state index in [1.807, 2.05) is 20.8 Å². The van der Waals surface area contributed by atoms with Crippen molar-refractivity contribution in [2.75, 3.05) is 0 Å². The number of nitrogens with one attached hydrogen (secondary N) is 1. The topological polar surface area (TPSA) is 66.0 Å². The molecule has 4 nitrogen and oxygen atoms in total. The summed E-state index contributed by atoms with van der Waals surface area (Å²) < 4.78 is 0. The molecule has 0 spiro atoms. The zero-order chi connectivity index (χ0) is 10.7. The lowest BCUT2D eigenvalue weighted by molar-refractivity contribution is -0.139. The standard InChI is InChI=1S/C10H16N2O2/c1-4-7(10(13)14)9-11-6(3)8(5-2)12-9/h7H,4-5H2,1-3H3,(H,11,12)(H,13,14). The van der Waals surface area contributed by atoms with Crippen LogP contribution < -0.4 is 0 Å². The van der Waals surface area contributed by atoms with Gasteiger partial charge in [0.2, 0.25) is 0 Å². The van der Waals surface area contributed by atoms with Crippen LogP contribution in [0.1, 0.15) is 43.4 Å². The first-order valence-corrected chi connectivity index (χ1v) is 4.88. The first-order chi connectivity index (χ1) is 6.60. The van der Waals surface area contributed by atoms with Crippen LogP contribution >= 0.6 is 0 Å². The van der Waals surface area contributed by atoms with Gasteiger partial charge in [-0.05, 0) is 19.8 Å². The highest BCUT2D eigenvalue weighted by atomic mass is 16.4. The Balaban J connectivity index is 2.99. The van der Waals surface area contributed by atoms with Crippen LogP contribution in [0.15, 0.2) is 0 Å². The van der Waals surface area contributed by atoms with E-state index in [2.05, 4.69) is 9.97 Å².